The molecule has 1 aromatic heterocycles. The van der Waals surface area contributed by atoms with Gasteiger partial charge in [0, 0.05) is 24.1 Å². The SMILES string of the molecule is Cc1cc(NCC2CCSC2)ccn1. The van der Waals surface area contributed by atoms with E-state index < -0.39 is 0 Å². The number of aromatic nitrogens is 1. The molecule has 0 saturated carbocycles. The molecule has 0 radical (unpaired) electrons. The Kier molecular flexibility index (Phi) is 3.30. The first kappa shape index (κ1) is 9.84. The van der Waals surface area contributed by atoms with Crippen molar-refractivity contribution in [2.75, 3.05) is 23.4 Å². The molecule has 1 aromatic rings. The number of nitrogens with zero attached hydrogens (tertiary/aromatic N) is 1. The van der Waals surface area contributed by atoms with Gasteiger partial charge < -0.3 is 5.32 Å². The Morgan fingerprint density at radius 3 is 3.29 bits per heavy atom. The van der Waals surface area contributed by atoms with Crippen molar-refractivity contribution in [2.45, 2.75) is 13.3 Å². The van der Waals surface area contributed by atoms with Gasteiger partial charge >= 0.3 is 0 Å². The lowest BCUT2D eigenvalue weighted by molar-refractivity contribution is 0.632. The van der Waals surface area contributed by atoms with Crippen LogP contribution in [0.2, 0.25) is 0 Å². The summed E-state index contributed by atoms with van der Waals surface area (Å²) in [5.74, 6) is 3.51. The van der Waals surface area contributed by atoms with Gasteiger partial charge in [0.2, 0.25) is 0 Å². The summed E-state index contributed by atoms with van der Waals surface area (Å²) >= 11 is 2.07. The first-order chi connectivity index (χ1) is 6.84. The van der Waals surface area contributed by atoms with Crippen LogP contribution in [0.4, 0.5) is 5.69 Å². The van der Waals surface area contributed by atoms with Crippen molar-refractivity contribution in [2.24, 2.45) is 5.92 Å². The van der Waals surface area contributed by atoms with Gasteiger partial charge in [0.15, 0.2) is 0 Å². The van der Waals surface area contributed by atoms with Gasteiger partial charge in [-0.2, -0.15) is 11.8 Å². The van der Waals surface area contributed by atoms with E-state index in [0.717, 1.165) is 18.2 Å². The van der Waals surface area contributed by atoms with Crippen LogP contribution < -0.4 is 5.32 Å². The van der Waals surface area contributed by atoms with Gasteiger partial charge in [-0.25, -0.2) is 0 Å². The van der Waals surface area contributed by atoms with Gasteiger partial charge in [-0.05, 0) is 42.9 Å². The second-order valence-electron chi connectivity index (χ2n) is 3.80. The molecule has 76 valence electrons. The first-order valence-corrected chi connectivity index (χ1v) is 6.24. The lowest BCUT2D eigenvalue weighted by Crippen LogP contribution is -2.13. The molecule has 0 aromatic carbocycles. The van der Waals surface area contributed by atoms with E-state index in [1.54, 1.807) is 0 Å². The lowest BCUT2D eigenvalue weighted by atomic mass is 10.1. The summed E-state index contributed by atoms with van der Waals surface area (Å²) in [6, 6.07) is 4.14. The molecule has 3 heteroatoms. The average molecular weight is 208 g/mol. The van der Waals surface area contributed by atoms with Gasteiger partial charge in [0.1, 0.15) is 0 Å². The summed E-state index contributed by atoms with van der Waals surface area (Å²) in [7, 11) is 0. The Morgan fingerprint density at radius 2 is 2.57 bits per heavy atom. The van der Waals surface area contributed by atoms with Crippen molar-refractivity contribution in [3.05, 3.63) is 24.0 Å². The van der Waals surface area contributed by atoms with E-state index in [4.69, 9.17) is 0 Å². The Labute approximate surface area is 89.5 Å². The molecule has 14 heavy (non-hydrogen) atoms. The second kappa shape index (κ2) is 4.69. The van der Waals surface area contributed by atoms with Crippen molar-refractivity contribution in [3.8, 4) is 0 Å². The van der Waals surface area contributed by atoms with Crippen LogP contribution >= 0.6 is 11.8 Å². The zero-order chi connectivity index (χ0) is 9.80. The van der Waals surface area contributed by atoms with Crippen LogP contribution in [0.3, 0.4) is 0 Å². The summed E-state index contributed by atoms with van der Waals surface area (Å²) in [5, 5.41) is 3.47. The van der Waals surface area contributed by atoms with E-state index >= 15 is 0 Å². The Hall–Kier alpha value is -0.700. The number of pyridine rings is 1. The van der Waals surface area contributed by atoms with Crippen LogP contribution in [0, 0.1) is 12.8 Å². The highest BCUT2D eigenvalue weighted by atomic mass is 32.2. The van der Waals surface area contributed by atoms with Crippen molar-refractivity contribution in [1.82, 2.24) is 4.98 Å². The smallest absolute Gasteiger partial charge is 0.0393 e. The molecule has 1 atom stereocenters. The minimum atomic E-state index is 0.855. The standard InChI is InChI=1S/C11H16N2S/c1-9-6-11(2-4-12-9)13-7-10-3-5-14-8-10/h2,4,6,10H,3,5,7-8H2,1H3,(H,12,13). The van der Waals surface area contributed by atoms with Crippen LogP contribution in [-0.4, -0.2) is 23.0 Å². The van der Waals surface area contributed by atoms with E-state index in [1.165, 1.54) is 23.6 Å². The number of rotatable bonds is 3. The van der Waals surface area contributed by atoms with E-state index in [2.05, 4.69) is 28.1 Å². The Bertz CT molecular complexity index is 295. The minimum Gasteiger partial charge on any atom is -0.385 e. The maximum absolute atomic E-state index is 4.18. The number of hydrogen-bond donors (Lipinski definition) is 1. The second-order valence-corrected chi connectivity index (χ2v) is 4.95. The quantitative estimate of drug-likeness (QED) is 0.826. The molecule has 1 saturated heterocycles. The van der Waals surface area contributed by atoms with Crippen molar-refractivity contribution >= 4 is 17.4 Å². The van der Waals surface area contributed by atoms with Gasteiger partial charge in [-0.1, -0.05) is 0 Å². The highest BCUT2D eigenvalue weighted by Gasteiger charge is 2.14. The zero-order valence-electron chi connectivity index (χ0n) is 8.49. The molecule has 2 heterocycles. The zero-order valence-corrected chi connectivity index (χ0v) is 9.31. The third-order valence-electron chi connectivity index (χ3n) is 2.52. The summed E-state index contributed by atoms with van der Waals surface area (Å²) < 4.78 is 0. The number of anilines is 1. The fraction of sp³-hybridized carbons (Fsp3) is 0.545. The molecule has 0 bridgehead atoms. The molecular formula is C11H16N2S. The monoisotopic (exact) mass is 208 g/mol. The van der Waals surface area contributed by atoms with Crippen LogP contribution in [0.15, 0.2) is 18.3 Å². The number of aryl methyl sites for hydroxylation is 1. The third kappa shape index (κ3) is 2.64. The fourth-order valence-electron chi connectivity index (χ4n) is 1.66. The Morgan fingerprint density at radius 1 is 1.64 bits per heavy atom. The summed E-state index contributed by atoms with van der Waals surface area (Å²) in [4.78, 5) is 4.18. The maximum atomic E-state index is 4.18. The molecule has 0 spiro atoms. The normalized spacial score (nSPS) is 21.1. The number of nitrogens with one attached hydrogen (secondary N) is 1. The summed E-state index contributed by atoms with van der Waals surface area (Å²) in [6.45, 7) is 3.13. The van der Waals surface area contributed by atoms with Crippen LogP contribution in [0.1, 0.15) is 12.1 Å². The molecule has 2 rings (SSSR count). The summed E-state index contributed by atoms with van der Waals surface area (Å²) in [5.41, 5.74) is 2.28. The van der Waals surface area contributed by atoms with E-state index in [9.17, 15) is 0 Å². The maximum Gasteiger partial charge on any atom is 0.0393 e. The molecule has 1 fully saturated rings. The van der Waals surface area contributed by atoms with Crippen LogP contribution in [0.25, 0.3) is 0 Å². The predicted octanol–water partition coefficient (Wildman–Crippen LogP) is 2.56. The fourth-order valence-corrected chi connectivity index (χ4v) is 2.95. The molecular weight excluding hydrogens is 192 g/mol. The number of thioether (sulfide) groups is 1. The average Bonchev–Trinajstić information content (AvgIpc) is 2.67. The third-order valence-corrected chi connectivity index (χ3v) is 3.75. The molecule has 1 N–H and O–H groups in total. The van der Waals surface area contributed by atoms with E-state index in [0.29, 0.717) is 0 Å². The van der Waals surface area contributed by atoms with Gasteiger partial charge in [0.05, 0.1) is 0 Å². The minimum absolute atomic E-state index is 0.855. The molecule has 0 amide bonds. The largest absolute Gasteiger partial charge is 0.385 e. The molecule has 2 nitrogen and oxygen atoms in total. The van der Waals surface area contributed by atoms with Gasteiger partial charge in [-0.3, -0.25) is 4.98 Å². The topological polar surface area (TPSA) is 24.9 Å². The van der Waals surface area contributed by atoms with Gasteiger partial charge in [-0.15, -0.1) is 0 Å². The molecule has 1 unspecified atom stereocenters. The highest BCUT2D eigenvalue weighted by molar-refractivity contribution is 7.99. The van der Waals surface area contributed by atoms with Crippen LogP contribution in [0.5, 0.6) is 0 Å². The molecule has 0 aliphatic carbocycles. The highest BCUT2D eigenvalue weighted by Crippen LogP contribution is 2.23. The van der Waals surface area contributed by atoms with Gasteiger partial charge in [0.25, 0.3) is 0 Å². The first-order valence-electron chi connectivity index (χ1n) is 5.09. The number of hydrogen-bond acceptors (Lipinski definition) is 3. The van der Waals surface area contributed by atoms with Crippen LogP contribution in [-0.2, 0) is 0 Å². The molecule has 1 aliphatic heterocycles. The summed E-state index contributed by atoms with van der Waals surface area (Å²) in [6.07, 6.45) is 3.22. The molecule has 1 aliphatic rings. The van der Waals surface area contributed by atoms with E-state index in [-0.39, 0.29) is 0 Å². The van der Waals surface area contributed by atoms with Crippen molar-refractivity contribution in [3.63, 3.8) is 0 Å². The predicted molar refractivity (Wildman–Crippen MR) is 62.9 cm³/mol. The lowest BCUT2D eigenvalue weighted by Gasteiger charge is -2.11. The van der Waals surface area contributed by atoms with E-state index in [1.807, 2.05) is 19.2 Å². The van der Waals surface area contributed by atoms with Crippen molar-refractivity contribution < 1.29 is 0 Å². The Balaban J connectivity index is 1.85. The van der Waals surface area contributed by atoms with Crippen molar-refractivity contribution in [1.29, 1.82) is 0 Å².